The summed E-state index contributed by atoms with van der Waals surface area (Å²) in [6.07, 6.45) is 6.78. The number of hydrogen-bond donors (Lipinski definition) is 1. The average Bonchev–Trinajstić information content (AvgIpc) is 2.53. The molecule has 0 aliphatic heterocycles. The fourth-order valence-electron chi connectivity index (χ4n) is 5.39. The van der Waals surface area contributed by atoms with Gasteiger partial charge in [0.1, 0.15) is 0 Å². The van der Waals surface area contributed by atoms with Gasteiger partial charge < -0.3 is 10.1 Å². The van der Waals surface area contributed by atoms with E-state index in [-0.39, 0.29) is 23.9 Å². The van der Waals surface area contributed by atoms with Crippen LogP contribution >= 0.6 is 22.6 Å². The quantitative estimate of drug-likeness (QED) is 0.571. The summed E-state index contributed by atoms with van der Waals surface area (Å²) in [7, 11) is 0. The standard InChI is InChI=1S/C19H22INO3/c20-15-3-1-2-4-16(15)21-17(22)11-24-18(23)19-8-12-5-13(9-19)7-14(6-12)10-19/h1-4,12-14H,5-11H2,(H,21,22). The first kappa shape index (κ1) is 16.4. The summed E-state index contributed by atoms with van der Waals surface area (Å²) in [5.74, 6) is 1.69. The van der Waals surface area contributed by atoms with Gasteiger partial charge in [0.25, 0.3) is 5.91 Å². The zero-order valence-corrected chi connectivity index (χ0v) is 15.8. The molecule has 0 spiro atoms. The van der Waals surface area contributed by atoms with Crippen LogP contribution in [0.4, 0.5) is 5.69 Å². The van der Waals surface area contributed by atoms with Crippen molar-refractivity contribution in [2.45, 2.75) is 38.5 Å². The van der Waals surface area contributed by atoms with Gasteiger partial charge in [-0.2, -0.15) is 0 Å². The predicted molar refractivity (Wildman–Crippen MR) is 99.4 cm³/mol. The van der Waals surface area contributed by atoms with E-state index in [1.807, 2.05) is 24.3 Å². The number of para-hydroxylation sites is 1. The fourth-order valence-corrected chi connectivity index (χ4v) is 5.92. The van der Waals surface area contributed by atoms with Crippen LogP contribution in [0.5, 0.6) is 0 Å². The summed E-state index contributed by atoms with van der Waals surface area (Å²) >= 11 is 2.17. The van der Waals surface area contributed by atoms with Crippen molar-refractivity contribution >= 4 is 40.2 Å². The Balaban J connectivity index is 1.35. The molecule has 0 atom stereocenters. The maximum Gasteiger partial charge on any atom is 0.312 e. The minimum Gasteiger partial charge on any atom is -0.455 e. The third kappa shape index (κ3) is 3.07. The lowest BCUT2D eigenvalue weighted by molar-refractivity contribution is -0.172. The van der Waals surface area contributed by atoms with Gasteiger partial charge in [0.05, 0.1) is 11.1 Å². The van der Waals surface area contributed by atoms with Crippen LogP contribution in [0, 0.1) is 26.7 Å². The zero-order valence-electron chi connectivity index (χ0n) is 13.6. The zero-order chi connectivity index (χ0) is 16.7. The molecule has 0 aromatic heterocycles. The second kappa shape index (κ2) is 6.32. The van der Waals surface area contributed by atoms with Gasteiger partial charge >= 0.3 is 5.97 Å². The van der Waals surface area contributed by atoms with E-state index in [1.54, 1.807) is 0 Å². The lowest BCUT2D eigenvalue weighted by Gasteiger charge is -2.55. The van der Waals surface area contributed by atoms with Crippen molar-refractivity contribution in [2.24, 2.45) is 23.2 Å². The fraction of sp³-hybridized carbons (Fsp3) is 0.579. The van der Waals surface area contributed by atoms with E-state index in [0.717, 1.165) is 28.5 Å². The van der Waals surface area contributed by atoms with Gasteiger partial charge in [0.2, 0.25) is 0 Å². The number of amides is 1. The van der Waals surface area contributed by atoms with E-state index in [2.05, 4.69) is 27.9 Å². The molecule has 1 N–H and O–H groups in total. The Morgan fingerprint density at radius 1 is 1.08 bits per heavy atom. The molecule has 1 aromatic rings. The Bertz CT molecular complexity index is 637. The van der Waals surface area contributed by atoms with Gasteiger partial charge in [0.15, 0.2) is 6.61 Å². The molecule has 4 nitrogen and oxygen atoms in total. The van der Waals surface area contributed by atoms with Crippen molar-refractivity contribution in [1.82, 2.24) is 0 Å². The SMILES string of the molecule is O=C(COC(=O)C12CC3CC(CC(C3)C1)C2)Nc1ccccc1I. The first-order chi connectivity index (χ1) is 11.5. The number of anilines is 1. The molecule has 0 unspecified atom stereocenters. The Hall–Kier alpha value is -1.11. The van der Waals surface area contributed by atoms with Crippen LogP contribution in [0.3, 0.4) is 0 Å². The summed E-state index contributed by atoms with van der Waals surface area (Å²) in [6, 6.07) is 7.57. The Morgan fingerprint density at radius 3 is 2.25 bits per heavy atom. The minimum absolute atomic E-state index is 0.139. The molecule has 4 fully saturated rings. The molecule has 0 radical (unpaired) electrons. The summed E-state index contributed by atoms with van der Waals surface area (Å²) in [4.78, 5) is 24.8. The number of esters is 1. The molecule has 24 heavy (non-hydrogen) atoms. The molecule has 5 heteroatoms. The van der Waals surface area contributed by atoms with Crippen molar-refractivity contribution in [3.63, 3.8) is 0 Å². The molecule has 4 bridgehead atoms. The Kier molecular flexibility index (Phi) is 4.31. The van der Waals surface area contributed by atoms with Crippen molar-refractivity contribution in [3.8, 4) is 0 Å². The van der Waals surface area contributed by atoms with Gasteiger partial charge in [-0.05, 0) is 91.0 Å². The molecule has 4 aliphatic carbocycles. The van der Waals surface area contributed by atoms with E-state index < -0.39 is 0 Å². The average molecular weight is 439 g/mol. The van der Waals surface area contributed by atoms with Crippen LogP contribution in [0.25, 0.3) is 0 Å². The van der Waals surface area contributed by atoms with Crippen LogP contribution in [0.15, 0.2) is 24.3 Å². The lowest BCUT2D eigenvalue weighted by atomic mass is 9.49. The number of hydrogen-bond acceptors (Lipinski definition) is 3. The van der Waals surface area contributed by atoms with Crippen molar-refractivity contribution in [3.05, 3.63) is 27.8 Å². The first-order valence-corrected chi connectivity index (χ1v) is 9.83. The molecule has 4 aliphatic rings. The molecule has 0 saturated heterocycles. The highest BCUT2D eigenvalue weighted by Gasteiger charge is 2.55. The van der Waals surface area contributed by atoms with Crippen LogP contribution in [-0.4, -0.2) is 18.5 Å². The molecular weight excluding hydrogens is 417 g/mol. The smallest absolute Gasteiger partial charge is 0.312 e. The number of ether oxygens (including phenoxy) is 1. The van der Waals surface area contributed by atoms with Crippen LogP contribution in [0.1, 0.15) is 38.5 Å². The summed E-state index contributed by atoms with van der Waals surface area (Å²) in [5.41, 5.74) is 0.463. The van der Waals surface area contributed by atoms with Gasteiger partial charge in [0, 0.05) is 3.57 Å². The van der Waals surface area contributed by atoms with Gasteiger partial charge in [-0.1, -0.05) is 12.1 Å². The Labute approximate surface area is 155 Å². The molecular formula is C19H22INO3. The summed E-state index contributed by atoms with van der Waals surface area (Å²) < 4.78 is 6.42. The largest absolute Gasteiger partial charge is 0.455 e. The number of carbonyl (C=O) groups excluding carboxylic acids is 2. The van der Waals surface area contributed by atoms with Gasteiger partial charge in [-0.25, -0.2) is 0 Å². The molecule has 0 heterocycles. The third-order valence-electron chi connectivity index (χ3n) is 5.95. The number of benzene rings is 1. The minimum atomic E-state index is -0.295. The number of carbonyl (C=O) groups is 2. The highest BCUT2D eigenvalue weighted by atomic mass is 127. The van der Waals surface area contributed by atoms with E-state index in [4.69, 9.17) is 4.74 Å². The molecule has 1 aromatic carbocycles. The highest BCUT2D eigenvalue weighted by Crippen LogP contribution is 2.60. The van der Waals surface area contributed by atoms with E-state index >= 15 is 0 Å². The van der Waals surface area contributed by atoms with Crippen molar-refractivity contribution in [2.75, 3.05) is 11.9 Å². The van der Waals surface area contributed by atoms with Crippen LogP contribution in [-0.2, 0) is 14.3 Å². The number of halogens is 1. The molecule has 4 saturated carbocycles. The maximum absolute atomic E-state index is 12.7. The second-order valence-corrected chi connectivity index (χ2v) is 8.96. The monoisotopic (exact) mass is 439 g/mol. The van der Waals surface area contributed by atoms with E-state index in [9.17, 15) is 9.59 Å². The van der Waals surface area contributed by atoms with Gasteiger partial charge in [-0.3, -0.25) is 9.59 Å². The lowest BCUT2D eigenvalue weighted by Crippen LogP contribution is -2.50. The predicted octanol–water partition coefficient (Wildman–Crippen LogP) is 3.99. The Morgan fingerprint density at radius 2 is 1.67 bits per heavy atom. The third-order valence-corrected chi connectivity index (χ3v) is 6.89. The molecule has 128 valence electrons. The van der Waals surface area contributed by atoms with Gasteiger partial charge in [-0.15, -0.1) is 0 Å². The molecule has 5 rings (SSSR count). The number of nitrogens with one attached hydrogen (secondary N) is 1. The first-order valence-electron chi connectivity index (χ1n) is 8.76. The van der Waals surface area contributed by atoms with E-state index in [1.165, 1.54) is 19.3 Å². The van der Waals surface area contributed by atoms with Crippen molar-refractivity contribution < 1.29 is 14.3 Å². The van der Waals surface area contributed by atoms with Crippen LogP contribution < -0.4 is 5.32 Å². The summed E-state index contributed by atoms with van der Waals surface area (Å²) in [6.45, 7) is -0.189. The van der Waals surface area contributed by atoms with Crippen molar-refractivity contribution in [1.29, 1.82) is 0 Å². The second-order valence-electron chi connectivity index (χ2n) is 7.80. The maximum atomic E-state index is 12.7. The topological polar surface area (TPSA) is 55.4 Å². The normalized spacial score (nSPS) is 33.3. The van der Waals surface area contributed by atoms with Crippen LogP contribution in [0.2, 0.25) is 0 Å². The number of rotatable bonds is 4. The molecule has 1 amide bonds. The highest BCUT2D eigenvalue weighted by molar-refractivity contribution is 14.1. The summed E-state index contributed by atoms with van der Waals surface area (Å²) in [5, 5.41) is 2.82. The van der Waals surface area contributed by atoms with E-state index in [0.29, 0.717) is 17.8 Å².